The third-order valence-corrected chi connectivity index (χ3v) is 5.67. The Morgan fingerprint density at radius 3 is 2.46 bits per heavy atom. The Labute approximate surface area is 160 Å². The predicted octanol–water partition coefficient (Wildman–Crippen LogP) is 1.99. The first-order valence-electron chi connectivity index (χ1n) is 8.08. The van der Waals surface area contributed by atoms with Gasteiger partial charge in [0.1, 0.15) is 11.3 Å². The molecule has 28 heavy (non-hydrogen) atoms. The molecule has 0 unspecified atom stereocenters. The molecule has 3 rings (SSSR count). The molecular weight excluding hydrogens is 386 g/mol. The van der Waals surface area contributed by atoms with E-state index in [1.54, 1.807) is 25.1 Å². The number of phenols is 1. The van der Waals surface area contributed by atoms with Gasteiger partial charge in [-0.2, -0.15) is 0 Å². The second-order valence-electron chi connectivity index (χ2n) is 6.13. The largest absolute Gasteiger partial charge is 0.507 e. The van der Waals surface area contributed by atoms with Crippen molar-refractivity contribution < 1.29 is 23.4 Å². The molecule has 2 aromatic carbocycles. The van der Waals surface area contributed by atoms with Crippen molar-refractivity contribution in [1.82, 2.24) is 9.55 Å². The molecule has 3 aromatic rings. The van der Waals surface area contributed by atoms with Crippen LogP contribution in [0.3, 0.4) is 0 Å². The number of para-hydroxylation sites is 2. The van der Waals surface area contributed by atoms with Crippen LogP contribution in [-0.2, 0) is 10.0 Å². The Morgan fingerprint density at radius 1 is 1.18 bits per heavy atom. The number of aromatic amines is 1. The summed E-state index contributed by atoms with van der Waals surface area (Å²) in [7, 11) is -4.21. The predicted molar refractivity (Wildman–Crippen MR) is 102 cm³/mol. The molecule has 0 aliphatic heterocycles. The molecule has 0 aliphatic carbocycles. The standard InChI is InChI=1S/C18H17N3O6S/c1-10-7-15(22)12(17(23)24)8-16(10)28(26,27)20-13-5-3-4-6-14(13)21-11(2)9-19-18(21)25/h3-9,20,22H,1-2H3,(H,19,25)(H,23,24). The fourth-order valence-corrected chi connectivity index (χ4v) is 4.17. The van der Waals surface area contributed by atoms with Gasteiger partial charge in [-0.15, -0.1) is 0 Å². The molecule has 0 saturated heterocycles. The lowest BCUT2D eigenvalue weighted by atomic mass is 10.1. The monoisotopic (exact) mass is 403 g/mol. The van der Waals surface area contributed by atoms with Crippen LogP contribution in [0.4, 0.5) is 5.69 Å². The molecule has 0 atom stereocenters. The van der Waals surface area contributed by atoms with Crippen molar-refractivity contribution in [2.45, 2.75) is 18.7 Å². The molecule has 10 heteroatoms. The highest BCUT2D eigenvalue weighted by Crippen LogP contribution is 2.28. The first-order valence-corrected chi connectivity index (χ1v) is 9.56. The van der Waals surface area contributed by atoms with Crippen molar-refractivity contribution >= 4 is 21.7 Å². The Morgan fingerprint density at radius 2 is 1.86 bits per heavy atom. The van der Waals surface area contributed by atoms with E-state index in [1.807, 2.05) is 0 Å². The fourth-order valence-electron chi connectivity index (χ4n) is 2.84. The normalized spacial score (nSPS) is 11.4. The van der Waals surface area contributed by atoms with Crippen molar-refractivity contribution in [3.8, 4) is 11.4 Å². The van der Waals surface area contributed by atoms with Gasteiger partial charge in [-0.1, -0.05) is 12.1 Å². The van der Waals surface area contributed by atoms with Crippen LogP contribution in [0.5, 0.6) is 5.75 Å². The summed E-state index contributed by atoms with van der Waals surface area (Å²) in [5.41, 5.74) is 0.226. The lowest BCUT2D eigenvalue weighted by Gasteiger charge is -2.15. The lowest BCUT2D eigenvalue weighted by molar-refractivity contribution is 0.0693. The number of sulfonamides is 1. The number of imidazole rings is 1. The highest BCUT2D eigenvalue weighted by atomic mass is 32.2. The van der Waals surface area contributed by atoms with Gasteiger partial charge >= 0.3 is 11.7 Å². The van der Waals surface area contributed by atoms with Crippen molar-refractivity contribution in [3.05, 3.63) is 69.9 Å². The number of aromatic hydroxyl groups is 1. The Kier molecular flexibility index (Phi) is 4.73. The molecule has 0 spiro atoms. The number of benzene rings is 2. The minimum absolute atomic E-state index is 0.136. The van der Waals surface area contributed by atoms with Gasteiger partial charge in [0.15, 0.2) is 0 Å². The van der Waals surface area contributed by atoms with Crippen molar-refractivity contribution in [3.63, 3.8) is 0 Å². The number of nitrogens with zero attached hydrogens (tertiary/aromatic N) is 1. The van der Waals surface area contributed by atoms with E-state index < -0.39 is 33.0 Å². The zero-order chi connectivity index (χ0) is 20.6. The number of aromatic carboxylic acids is 1. The van der Waals surface area contributed by atoms with Gasteiger partial charge in [0.25, 0.3) is 10.0 Å². The molecule has 0 radical (unpaired) electrons. The van der Waals surface area contributed by atoms with Crippen LogP contribution < -0.4 is 10.4 Å². The summed E-state index contributed by atoms with van der Waals surface area (Å²) < 4.78 is 29.5. The summed E-state index contributed by atoms with van der Waals surface area (Å²) in [5, 5.41) is 18.9. The van der Waals surface area contributed by atoms with E-state index >= 15 is 0 Å². The molecule has 4 N–H and O–H groups in total. The second kappa shape index (κ2) is 6.89. The van der Waals surface area contributed by atoms with Gasteiger partial charge in [0.2, 0.25) is 0 Å². The number of hydrogen-bond donors (Lipinski definition) is 4. The zero-order valence-corrected chi connectivity index (χ0v) is 15.7. The van der Waals surface area contributed by atoms with Gasteiger partial charge in [-0.25, -0.2) is 18.0 Å². The Bertz CT molecular complexity index is 1240. The summed E-state index contributed by atoms with van der Waals surface area (Å²) in [6, 6.07) is 8.28. The topological polar surface area (TPSA) is 141 Å². The van der Waals surface area contributed by atoms with Gasteiger partial charge < -0.3 is 15.2 Å². The summed E-state index contributed by atoms with van der Waals surface area (Å²) >= 11 is 0. The number of carboxylic acid groups (broad SMARTS) is 1. The van der Waals surface area contributed by atoms with Crippen molar-refractivity contribution in [2.24, 2.45) is 0 Å². The van der Waals surface area contributed by atoms with E-state index in [4.69, 9.17) is 5.11 Å². The smallest absolute Gasteiger partial charge is 0.339 e. The van der Waals surface area contributed by atoms with E-state index in [1.165, 1.54) is 23.8 Å². The number of aromatic nitrogens is 2. The maximum absolute atomic E-state index is 12.9. The van der Waals surface area contributed by atoms with E-state index in [2.05, 4.69) is 9.71 Å². The SMILES string of the molecule is Cc1cc(O)c(C(=O)O)cc1S(=O)(=O)Nc1ccccc1-n1c(C)c[nH]c1=O. The van der Waals surface area contributed by atoms with Crippen LogP contribution >= 0.6 is 0 Å². The Hall–Kier alpha value is -3.53. The van der Waals surface area contributed by atoms with Crippen LogP contribution in [0.1, 0.15) is 21.6 Å². The van der Waals surface area contributed by atoms with Crippen LogP contribution in [0.15, 0.2) is 52.3 Å². The summed E-state index contributed by atoms with van der Waals surface area (Å²) in [6.45, 7) is 3.12. The minimum atomic E-state index is -4.21. The van der Waals surface area contributed by atoms with Crippen LogP contribution in [0, 0.1) is 13.8 Å². The number of aryl methyl sites for hydroxylation is 2. The molecule has 0 amide bonds. The maximum atomic E-state index is 12.9. The highest BCUT2D eigenvalue weighted by molar-refractivity contribution is 7.92. The van der Waals surface area contributed by atoms with Crippen LogP contribution in [-0.4, -0.2) is 34.2 Å². The van der Waals surface area contributed by atoms with Gasteiger partial charge in [0, 0.05) is 11.9 Å². The summed E-state index contributed by atoms with van der Waals surface area (Å²) in [4.78, 5) is 25.5. The molecular formula is C18H17N3O6S. The number of carbonyl (C=O) groups is 1. The number of carboxylic acids is 1. The summed E-state index contributed by atoms with van der Waals surface area (Å²) in [6.07, 6.45) is 1.50. The van der Waals surface area contributed by atoms with Crippen LogP contribution in [0.25, 0.3) is 5.69 Å². The van der Waals surface area contributed by atoms with E-state index in [-0.39, 0.29) is 16.1 Å². The third-order valence-electron chi connectivity index (χ3n) is 4.16. The molecule has 0 bridgehead atoms. The van der Waals surface area contributed by atoms with E-state index in [0.29, 0.717) is 11.4 Å². The molecule has 9 nitrogen and oxygen atoms in total. The molecule has 0 fully saturated rings. The summed E-state index contributed by atoms with van der Waals surface area (Å²) in [5.74, 6) is -1.98. The molecule has 1 aromatic heterocycles. The second-order valence-corrected chi connectivity index (χ2v) is 7.78. The molecule has 0 aliphatic rings. The van der Waals surface area contributed by atoms with Crippen molar-refractivity contribution in [2.75, 3.05) is 4.72 Å². The first-order chi connectivity index (χ1) is 13.1. The van der Waals surface area contributed by atoms with Crippen LogP contribution in [0.2, 0.25) is 0 Å². The minimum Gasteiger partial charge on any atom is -0.507 e. The Balaban J connectivity index is 2.12. The quantitative estimate of drug-likeness (QED) is 0.513. The van der Waals surface area contributed by atoms with E-state index in [0.717, 1.165) is 12.1 Å². The average Bonchev–Trinajstić information content (AvgIpc) is 2.93. The van der Waals surface area contributed by atoms with E-state index in [9.17, 15) is 23.1 Å². The lowest BCUT2D eigenvalue weighted by Crippen LogP contribution is -2.20. The molecule has 1 heterocycles. The number of anilines is 1. The number of H-pyrrole nitrogens is 1. The van der Waals surface area contributed by atoms with Crippen molar-refractivity contribution in [1.29, 1.82) is 0 Å². The van der Waals surface area contributed by atoms with Gasteiger partial charge in [-0.05, 0) is 43.7 Å². The maximum Gasteiger partial charge on any atom is 0.339 e. The highest BCUT2D eigenvalue weighted by Gasteiger charge is 2.23. The van der Waals surface area contributed by atoms with Gasteiger partial charge in [0.05, 0.1) is 16.3 Å². The molecule has 0 saturated carbocycles. The number of nitrogens with one attached hydrogen (secondary N) is 2. The van der Waals surface area contributed by atoms with Gasteiger partial charge in [-0.3, -0.25) is 9.29 Å². The number of rotatable bonds is 5. The zero-order valence-electron chi connectivity index (χ0n) is 14.9. The molecule has 146 valence electrons. The number of hydrogen-bond acceptors (Lipinski definition) is 5. The average molecular weight is 403 g/mol. The fraction of sp³-hybridized carbons (Fsp3) is 0.111. The first kappa shape index (κ1) is 19.2. The third kappa shape index (κ3) is 3.37.